The van der Waals surface area contributed by atoms with Crippen molar-refractivity contribution < 1.29 is 23.7 Å². The third-order valence-electron chi connectivity index (χ3n) is 6.31. The number of unbranched alkanes of at least 4 members (excludes halogenated alkanes) is 1. The second-order valence-corrected chi connectivity index (χ2v) is 9.67. The number of ether oxygens (including phenoxy) is 4. The maximum atomic E-state index is 13.0. The molecule has 0 saturated carbocycles. The van der Waals surface area contributed by atoms with E-state index < -0.39 is 0 Å². The van der Waals surface area contributed by atoms with Crippen molar-refractivity contribution in [2.45, 2.75) is 39.9 Å². The van der Waals surface area contributed by atoms with E-state index >= 15 is 0 Å². The van der Waals surface area contributed by atoms with Crippen LogP contribution in [-0.4, -0.2) is 39.4 Å². The van der Waals surface area contributed by atoms with Crippen LogP contribution >= 0.6 is 0 Å². The van der Waals surface area contributed by atoms with Gasteiger partial charge in [0, 0.05) is 30.5 Å². The fraction of sp³-hybridized carbons (Fsp3) is 0.294. The van der Waals surface area contributed by atoms with E-state index in [1.54, 1.807) is 51.8 Å². The van der Waals surface area contributed by atoms with Crippen LogP contribution in [0.15, 0.2) is 95.4 Å². The van der Waals surface area contributed by atoms with Gasteiger partial charge in [0.25, 0.3) is 5.91 Å². The zero-order chi connectivity index (χ0) is 30.9. The number of carbonyl (C=O) groups is 1. The standard InChI is InChI=1S/C34H42N4O5/c1-5-6-7-18-36-22-31(25(2)35)37-19-20-38-34(39)28-12-17-32(42-23-26-8-13-29(40-3)14-9-26)33(21-28)43-24-27-10-15-30(41-4)16-11-27/h7-18,21-22,37H,5-6,19-20,23-24,35H2,1-4H3,(H,38,39)/b18-7+,31-25-,36-22+. The molecule has 0 unspecified atom stereocenters. The lowest BCUT2D eigenvalue weighted by Gasteiger charge is -2.15. The predicted molar refractivity (Wildman–Crippen MR) is 171 cm³/mol. The summed E-state index contributed by atoms with van der Waals surface area (Å²) in [7, 11) is 3.26. The minimum absolute atomic E-state index is 0.232. The number of nitrogens with zero attached hydrogens (tertiary/aromatic N) is 1. The molecule has 9 nitrogen and oxygen atoms in total. The SMILES string of the molecule is CCC/C=C/N=C/C(NCCNC(=O)c1ccc(OCc2ccc(OC)cc2)c(OCc2ccc(OC)cc2)c1)=C(\C)N. The van der Waals surface area contributed by atoms with Gasteiger partial charge in [-0.05, 0) is 66.9 Å². The molecular weight excluding hydrogens is 544 g/mol. The second-order valence-electron chi connectivity index (χ2n) is 9.67. The van der Waals surface area contributed by atoms with E-state index in [9.17, 15) is 4.79 Å². The van der Waals surface area contributed by atoms with E-state index in [2.05, 4.69) is 22.5 Å². The predicted octanol–water partition coefficient (Wildman–Crippen LogP) is 5.76. The highest BCUT2D eigenvalue weighted by atomic mass is 16.5. The number of hydrogen-bond acceptors (Lipinski definition) is 8. The Morgan fingerprint density at radius 1 is 0.837 bits per heavy atom. The molecule has 1 amide bonds. The normalized spacial score (nSPS) is 11.7. The summed E-state index contributed by atoms with van der Waals surface area (Å²) in [5.74, 6) is 2.30. The highest BCUT2D eigenvalue weighted by Crippen LogP contribution is 2.30. The van der Waals surface area contributed by atoms with E-state index in [0.717, 1.165) is 35.5 Å². The Morgan fingerprint density at radius 3 is 1.98 bits per heavy atom. The Kier molecular flexibility index (Phi) is 13.5. The van der Waals surface area contributed by atoms with Gasteiger partial charge in [-0.2, -0.15) is 0 Å². The van der Waals surface area contributed by atoms with Crippen LogP contribution in [0.4, 0.5) is 0 Å². The molecule has 0 aliphatic carbocycles. The molecule has 0 spiro atoms. The molecule has 0 radical (unpaired) electrons. The van der Waals surface area contributed by atoms with Crippen LogP contribution in [0.3, 0.4) is 0 Å². The third kappa shape index (κ3) is 11.1. The van der Waals surface area contributed by atoms with Crippen molar-refractivity contribution in [3.8, 4) is 23.0 Å². The molecule has 0 atom stereocenters. The zero-order valence-corrected chi connectivity index (χ0v) is 25.4. The number of carbonyl (C=O) groups excluding carboxylic acids is 1. The maximum absolute atomic E-state index is 13.0. The Bertz CT molecular complexity index is 1380. The molecule has 0 aliphatic rings. The van der Waals surface area contributed by atoms with Gasteiger partial charge in [-0.15, -0.1) is 0 Å². The summed E-state index contributed by atoms with van der Waals surface area (Å²) in [6, 6.07) is 20.4. The fourth-order valence-electron chi connectivity index (χ4n) is 3.83. The lowest BCUT2D eigenvalue weighted by molar-refractivity contribution is 0.0953. The summed E-state index contributed by atoms with van der Waals surface area (Å²) >= 11 is 0. The topological polar surface area (TPSA) is 116 Å². The van der Waals surface area contributed by atoms with Gasteiger partial charge in [-0.3, -0.25) is 9.79 Å². The number of methoxy groups -OCH3 is 2. The highest BCUT2D eigenvalue weighted by molar-refractivity contribution is 5.94. The summed E-state index contributed by atoms with van der Waals surface area (Å²) in [5, 5.41) is 6.15. The Balaban J connectivity index is 1.65. The fourth-order valence-corrected chi connectivity index (χ4v) is 3.83. The van der Waals surface area contributed by atoms with Crippen LogP contribution in [0.2, 0.25) is 0 Å². The number of nitrogens with two attached hydrogens (primary N) is 1. The molecule has 4 N–H and O–H groups in total. The summed E-state index contributed by atoms with van der Waals surface area (Å²) in [5.41, 5.74) is 9.68. The van der Waals surface area contributed by atoms with Crippen molar-refractivity contribution >= 4 is 12.1 Å². The molecule has 3 rings (SSSR count). The summed E-state index contributed by atoms with van der Waals surface area (Å²) in [6.45, 7) is 5.39. The molecule has 43 heavy (non-hydrogen) atoms. The van der Waals surface area contributed by atoms with Gasteiger partial charge in [-0.25, -0.2) is 0 Å². The molecule has 9 heteroatoms. The first-order valence-electron chi connectivity index (χ1n) is 14.3. The van der Waals surface area contributed by atoms with Crippen LogP contribution in [-0.2, 0) is 13.2 Å². The number of aliphatic imine (C=N–C) groups is 1. The van der Waals surface area contributed by atoms with E-state index in [1.807, 2.05) is 54.6 Å². The minimum Gasteiger partial charge on any atom is -0.497 e. The van der Waals surface area contributed by atoms with E-state index in [-0.39, 0.29) is 5.91 Å². The molecular formula is C34H42N4O5. The van der Waals surface area contributed by atoms with Crippen molar-refractivity contribution in [3.05, 3.63) is 107 Å². The van der Waals surface area contributed by atoms with Crippen LogP contribution in [0.5, 0.6) is 23.0 Å². The molecule has 0 aromatic heterocycles. The van der Waals surface area contributed by atoms with Gasteiger partial charge in [-0.1, -0.05) is 43.7 Å². The number of benzene rings is 3. The molecule has 3 aromatic rings. The van der Waals surface area contributed by atoms with Crippen LogP contribution in [0, 0.1) is 0 Å². The first-order valence-corrected chi connectivity index (χ1v) is 14.3. The van der Waals surface area contributed by atoms with Crippen molar-refractivity contribution in [1.29, 1.82) is 0 Å². The first kappa shape index (κ1) is 32.6. The minimum atomic E-state index is -0.232. The monoisotopic (exact) mass is 586 g/mol. The zero-order valence-electron chi connectivity index (χ0n) is 25.4. The first-order chi connectivity index (χ1) is 20.9. The second kappa shape index (κ2) is 17.8. The van der Waals surface area contributed by atoms with Gasteiger partial charge >= 0.3 is 0 Å². The van der Waals surface area contributed by atoms with Crippen LogP contribution in [0.1, 0.15) is 48.2 Å². The lowest BCUT2D eigenvalue weighted by atomic mass is 10.1. The van der Waals surface area contributed by atoms with E-state index in [4.69, 9.17) is 24.7 Å². The molecule has 0 saturated heterocycles. The summed E-state index contributed by atoms with van der Waals surface area (Å²) in [4.78, 5) is 17.3. The Hall–Kier alpha value is -4.92. The van der Waals surface area contributed by atoms with Gasteiger partial charge in [0.05, 0.1) is 26.1 Å². The molecule has 0 bridgehead atoms. The summed E-state index contributed by atoms with van der Waals surface area (Å²) < 4.78 is 22.7. The molecule has 3 aromatic carbocycles. The van der Waals surface area contributed by atoms with Crippen molar-refractivity contribution in [2.24, 2.45) is 10.7 Å². The lowest BCUT2D eigenvalue weighted by Crippen LogP contribution is -2.32. The molecule has 0 fully saturated rings. The van der Waals surface area contributed by atoms with Gasteiger partial charge in [0.2, 0.25) is 0 Å². The third-order valence-corrected chi connectivity index (χ3v) is 6.31. The maximum Gasteiger partial charge on any atom is 0.251 e. The number of amides is 1. The van der Waals surface area contributed by atoms with Gasteiger partial charge in [0.15, 0.2) is 11.5 Å². The highest BCUT2D eigenvalue weighted by Gasteiger charge is 2.13. The number of rotatable bonds is 17. The smallest absolute Gasteiger partial charge is 0.251 e. The molecule has 0 heterocycles. The molecule has 0 aliphatic heterocycles. The average Bonchev–Trinajstić information content (AvgIpc) is 3.04. The van der Waals surface area contributed by atoms with Crippen molar-refractivity contribution in [1.82, 2.24) is 10.6 Å². The Morgan fingerprint density at radius 2 is 1.42 bits per heavy atom. The molecule has 228 valence electrons. The van der Waals surface area contributed by atoms with Crippen molar-refractivity contribution in [3.63, 3.8) is 0 Å². The number of nitrogens with one attached hydrogen (secondary N) is 2. The van der Waals surface area contributed by atoms with Crippen LogP contribution < -0.4 is 35.3 Å². The summed E-state index contributed by atoms with van der Waals surface area (Å²) in [6.07, 6.45) is 7.49. The van der Waals surface area contributed by atoms with Gasteiger partial charge in [0.1, 0.15) is 24.7 Å². The quantitative estimate of drug-likeness (QED) is 0.136. The number of allylic oxidation sites excluding steroid dienone is 3. The largest absolute Gasteiger partial charge is 0.497 e. The van der Waals surface area contributed by atoms with E-state index in [1.165, 1.54) is 0 Å². The van der Waals surface area contributed by atoms with Gasteiger partial charge < -0.3 is 35.3 Å². The number of hydrogen-bond donors (Lipinski definition) is 3. The Labute approximate surface area is 254 Å². The van der Waals surface area contributed by atoms with Crippen molar-refractivity contribution in [2.75, 3.05) is 27.3 Å². The van der Waals surface area contributed by atoms with Crippen LogP contribution in [0.25, 0.3) is 0 Å². The van der Waals surface area contributed by atoms with E-state index in [0.29, 0.717) is 54.8 Å². The average molecular weight is 587 g/mol.